The van der Waals surface area contributed by atoms with Gasteiger partial charge in [0.1, 0.15) is 11.6 Å². The van der Waals surface area contributed by atoms with Crippen molar-refractivity contribution in [2.45, 2.75) is 12.5 Å². The molecule has 6 nitrogen and oxygen atoms in total. The van der Waals surface area contributed by atoms with Crippen LogP contribution in [0.1, 0.15) is 5.56 Å². The molecule has 2 aliphatic heterocycles. The first-order chi connectivity index (χ1) is 11.9. The molecule has 1 aromatic rings. The Labute approximate surface area is 144 Å². The van der Waals surface area contributed by atoms with Crippen LogP contribution in [0.2, 0.25) is 0 Å². The van der Waals surface area contributed by atoms with Gasteiger partial charge in [0.15, 0.2) is 0 Å². The van der Waals surface area contributed by atoms with Crippen LogP contribution in [0, 0.1) is 17.6 Å². The number of hydrogen-bond donors (Lipinski definition) is 1. The minimum absolute atomic E-state index is 0.0266. The lowest BCUT2D eigenvalue weighted by molar-refractivity contribution is -0.138. The number of benzene rings is 1. The molecule has 2 atom stereocenters. The van der Waals surface area contributed by atoms with Crippen molar-refractivity contribution in [1.82, 2.24) is 9.80 Å². The number of fused-ring (bicyclic) bond motifs is 3. The minimum Gasteiger partial charge on any atom is -0.480 e. The Morgan fingerprint density at radius 3 is 2.56 bits per heavy atom. The van der Waals surface area contributed by atoms with Gasteiger partial charge in [-0.2, -0.15) is 0 Å². The van der Waals surface area contributed by atoms with Gasteiger partial charge < -0.3 is 14.7 Å². The maximum absolute atomic E-state index is 13.8. The third kappa shape index (κ3) is 4.13. The van der Waals surface area contributed by atoms with E-state index in [4.69, 9.17) is 9.84 Å². The third-order valence-corrected chi connectivity index (χ3v) is 4.61. The highest BCUT2D eigenvalue weighted by atomic mass is 19.1. The molecule has 1 amide bonds. The first-order valence-electron chi connectivity index (χ1n) is 8.18. The second kappa shape index (κ2) is 7.45. The summed E-state index contributed by atoms with van der Waals surface area (Å²) in [4.78, 5) is 27.1. The Bertz CT molecular complexity index is 650. The maximum Gasteiger partial charge on any atom is 0.317 e. The van der Waals surface area contributed by atoms with Crippen LogP contribution in [0.15, 0.2) is 18.2 Å². The summed E-state index contributed by atoms with van der Waals surface area (Å²) in [6, 6.07) is 3.19. The van der Waals surface area contributed by atoms with Crippen molar-refractivity contribution in [2.75, 3.05) is 39.4 Å². The number of carbonyl (C=O) groups is 2. The predicted octanol–water partition coefficient (Wildman–Crippen LogP) is 0.751. The SMILES string of the molecule is O=C(O)CN1C[C@@H]2COC[C@H](C1)N(C(=O)Cc1c(F)cccc1F)C2. The summed E-state index contributed by atoms with van der Waals surface area (Å²) in [5, 5.41) is 9.02. The van der Waals surface area contributed by atoms with E-state index in [1.165, 1.54) is 6.07 Å². The maximum atomic E-state index is 13.8. The first kappa shape index (κ1) is 17.8. The molecule has 1 aromatic carbocycles. The number of ether oxygens (including phenoxy) is 1. The van der Waals surface area contributed by atoms with Gasteiger partial charge in [0.25, 0.3) is 0 Å². The summed E-state index contributed by atoms with van der Waals surface area (Å²) >= 11 is 0. The second-order valence-electron chi connectivity index (χ2n) is 6.57. The molecule has 8 heteroatoms. The van der Waals surface area contributed by atoms with Crippen LogP contribution in [0.5, 0.6) is 0 Å². The topological polar surface area (TPSA) is 70.1 Å². The summed E-state index contributed by atoms with van der Waals surface area (Å²) < 4.78 is 33.2. The summed E-state index contributed by atoms with van der Waals surface area (Å²) in [5.74, 6) is -2.81. The number of nitrogens with zero attached hydrogens (tertiary/aromatic N) is 2. The number of aliphatic carboxylic acids is 1. The standard InChI is InChI=1S/C17H20F2N2O4/c18-14-2-1-3-15(19)13(14)4-16(22)21-6-11-5-20(8-17(23)24)7-12(21)10-25-9-11/h1-3,11-12H,4-10H2,(H,23,24)/t11-,12-/m0/s1. The fourth-order valence-electron chi connectivity index (χ4n) is 3.52. The van der Waals surface area contributed by atoms with Gasteiger partial charge in [-0.05, 0) is 12.1 Å². The van der Waals surface area contributed by atoms with Crippen LogP contribution in [-0.2, 0) is 20.7 Å². The molecule has 0 unspecified atom stereocenters. The van der Waals surface area contributed by atoms with Gasteiger partial charge in [-0.25, -0.2) is 8.78 Å². The molecule has 136 valence electrons. The molecule has 0 aromatic heterocycles. The Morgan fingerprint density at radius 1 is 1.16 bits per heavy atom. The van der Waals surface area contributed by atoms with Crippen LogP contribution < -0.4 is 0 Å². The Balaban J connectivity index is 1.77. The average Bonchev–Trinajstić information content (AvgIpc) is 2.81. The second-order valence-corrected chi connectivity index (χ2v) is 6.57. The lowest BCUT2D eigenvalue weighted by atomic mass is 10.1. The van der Waals surface area contributed by atoms with Gasteiger partial charge in [-0.1, -0.05) is 6.07 Å². The molecule has 2 saturated heterocycles. The van der Waals surface area contributed by atoms with E-state index >= 15 is 0 Å². The molecular formula is C17H20F2N2O4. The monoisotopic (exact) mass is 354 g/mol. The zero-order valence-electron chi connectivity index (χ0n) is 13.7. The third-order valence-electron chi connectivity index (χ3n) is 4.61. The molecule has 0 spiro atoms. The van der Waals surface area contributed by atoms with E-state index in [1.54, 1.807) is 9.80 Å². The lowest BCUT2D eigenvalue weighted by Gasteiger charge is -2.30. The predicted molar refractivity (Wildman–Crippen MR) is 83.9 cm³/mol. The number of carbonyl (C=O) groups excluding carboxylic acids is 1. The Morgan fingerprint density at radius 2 is 1.88 bits per heavy atom. The zero-order chi connectivity index (χ0) is 18.0. The van der Waals surface area contributed by atoms with E-state index < -0.39 is 17.6 Å². The fraction of sp³-hybridized carbons (Fsp3) is 0.529. The van der Waals surface area contributed by atoms with Gasteiger partial charge >= 0.3 is 5.97 Å². The zero-order valence-corrected chi connectivity index (χ0v) is 13.7. The van der Waals surface area contributed by atoms with Crippen molar-refractivity contribution >= 4 is 11.9 Å². The molecule has 0 saturated carbocycles. The number of rotatable bonds is 4. The largest absolute Gasteiger partial charge is 0.480 e. The first-order valence-corrected chi connectivity index (χ1v) is 8.18. The summed E-state index contributed by atoms with van der Waals surface area (Å²) in [5.41, 5.74) is -0.241. The van der Waals surface area contributed by atoms with Gasteiger partial charge in [0.2, 0.25) is 5.91 Å². The van der Waals surface area contributed by atoms with Crippen molar-refractivity contribution in [2.24, 2.45) is 5.92 Å². The van der Waals surface area contributed by atoms with E-state index in [-0.39, 0.29) is 43.0 Å². The van der Waals surface area contributed by atoms with Crippen molar-refractivity contribution in [3.05, 3.63) is 35.4 Å². The van der Waals surface area contributed by atoms with Gasteiger partial charge in [-0.15, -0.1) is 0 Å². The van der Waals surface area contributed by atoms with Crippen molar-refractivity contribution < 1.29 is 28.2 Å². The number of carboxylic acid groups (broad SMARTS) is 1. The molecule has 2 fully saturated rings. The summed E-state index contributed by atoms with van der Waals surface area (Å²) in [6.45, 7) is 1.91. The van der Waals surface area contributed by atoms with Crippen LogP contribution in [0.3, 0.4) is 0 Å². The highest BCUT2D eigenvalue weighted by molar-refractivity contribution is 5.79. The van der Waals surface area contributed by atoms with Crippen molar-refractivity contribution in [1.29, 1.82) is 0 Å². The van der Waals surface area contributed by atoms with E-state index in [0.717, 1.165) is 12.1 Å². The molecule has 2 bridgehead atoms. The summed E-state index contributed by atoms with van der Waals surface area (Å²) in [7, 11) is 0. The molecule has 3 rings (SSSR count). The molecule has 1 N–H and O–H groups in total. The van der Waals surface area contributed by atoms with Crippen LogP contribution in [0.25, 0.3) is 0 Å². The van der Waals surface area contributed by atoms with E-state index in [9.17, 15) is 18.4 Å². The molecule has 2 heterocycles. The fourth-order valence-corrected chi connectivity index (χ4v) is 3.52. The van der Waals surface area contributed by atoms with Crippen LogP contribution in [-0.4, -0.2) is 72.2 Å². The normalized spacial score (nSPS) is 24.0. The quantitative estimate of drug-likeness (QED) is 0.864. The number of halogens is 2. The molecule has 0 radical (unpaired) electrons. The van der Waals surface area contributed by atoms with Crippen molar-refractivity contribution in [3.8, 4) is 0 Å². The minimum atomic E-state index is -0.924. The Kier molecular flexibility index (Phi) is 5.29. The smallest absolute Gasteiger partial charge is 0.317 e. The van der Waals surface area contributed by atoms with E-state index in [0.29, 0.717) is 26.2 Å². The van der Waals surface area contributed by atoms with Gasteiger partial charge in [0.05, 0.1) is 32.2 Å². The molecule has 2 aliphatic rings. The number of amides is 1. The Hall–Kier alpha value is -2.06. The van der Waals surface area contributed by atoms with Gasteiger partial charge in [-0.3, -0.25) is 14.5 Å². The molecule has 0 aliphatic carbocycles. The van der Waals surface area contributed by atoms with E-state index in [1.807, 2.05) is 0 Å². The number of hydrogen-bond acceptors (Lipinski definition) is 4. The molecular weight excluding hydrogens is 334 g/mol. The van der Waals surface area contributed by atoms with Crippen LogP contribution >= 0.6 is 0 Å². The van der Waals surface area contributed by atoms with Crippen LogP contribution in [0.4, 0.5) is 8.78 Å². The van der Waals surface area contributed by atoms with E-state index in [2.05, 4.69) is 0 Å². The highest BCUT2D eigenvalue weighted by Gasteiger charge is 2.36. The van der Waals surface area contributed by atoms with Crippen molar-refractivity contribution in [3.63, 3.8) is 0 Å². The van der Waals surface area contributed by atoms with Gasteiger partial charge in [0, 0.05) is 31.1 Å². The number of carboxylic acids is 1. The average molecular weight is 354 g/mol. The summed E-state index contributed by atoms with van der Waals surface area (Å²) in [6.07, 6.45) is -0.360. The molecule has 25 heavy (non-hydrogen) atoms. The highest BCUT2D eigenvalue weighted by Crippen LogP contribution is 2.22. The lowest BCUT2D eigenvalue weighted by Crippen LogP contribution is -2.47.